The van der Waals surface area contributed by atoms with Gasteiger partial charge in [0.05, 0.1) is 12.3 Å². The number of carbonyl (C=O) groups excluding carboxylic acids is 1. The highest BCUT2D eigenvalue weighted by molar-refractivity contribution is 7.88. The molecule has 122 valence electrons. The van der Waals surface area contributed by atoms with Crippen LogP contribution in [0.5, 0.6) is 0 Å². The van der Waals surface area contributed by atoms with Gasteiger partial charge in [-0.25, -0.2) is 17.5 Å². The fourth-order valence-electron chi connectivity index (χ4n) is 2.49. The monoisotopic (exact) mass is 326 g/mol. The lowest BCUT2D eigenvalue weighted by molar-refractivity contribution is 0.225. The fraction of sp³-hybridized carbons (Fsp3) is 0.571. The quantitative estimate of drug-likeness (QED) is 0.859. The van der Waals surface area contributed by atoms with E-state index in [9.17, 15) is 13.2 Å². The summed E-state index contributed by atoms with van der Waals surface area (Å²) in [5.74, 6) is 0. The van der Waals surface area contributed by atoms with E-state index >= 15 is 0 Å². The number of piperidine rings is 1. The van der Waals surface area contributed by atoms with E-state index in [1.165, 1.54) is 10.6 Å². The smallest absolute Gasteiger partial charge is 0.315 e. The van der Waals surface area contributed by atoms with Gasteiger partial charge in [0.1, 0.15) is 0 Å². The Hall–Kier alpha value is -1.67. The molecule has 22 heavy (non-hydrogen) atoms. The molecule has 0 bridgehead atoms. The molecule has 1 atom stereocenters. The molecule has 8 heteroatoms. The van der Waals surface area contributed by atoms with Gasteiger partial charge in [-0.3, -0.25) is 4.98 Å². The highest BCUT2D eigenvalue weighted by atomic mass is 32.2. The van der Waals surface area contributed by atoms with E-state index in [0.29, 0.717) is 25.9 Å². The zero-order valence-corrected chi connectivity index (χ0v) is 13.6. The highest BCUT2D eigenvalue weighted by Crippen LogP contribution is 2.14. The second-order valence-corrected chi connectivity index (χ2v) is 7.54. The molecule has 0 spiro atoms. The van der Waals surface area contributed by atoms with Gasteiger partial charge in [0.2, 0.25) is 10.0 Å². The van der Waals surface area contributed by atoms with Crippen LogP contribution in [-0.2, 0) is 10.0 Å². The first-order valence-electron chi connectivity index (χ1n) is 7.28. The van der Waals surface area contributed by atoms with Crippen molar-refractivity contribution in [2.45, 2.75) is 31.8 Å². The molecule has 2 rings (SSSR count). The van der Waals surface area contributed by atoms with E-state index in [-0.39, 0.29) is 18.1 Å². The molecule has 0 aromatic carbocycles. The number of urea groups is 1. The number of nitrogens with one attached hydrogen (secondary N) is 2. The molecule has 0 aliphatic carbocycles. The minimum atomic E-state index is -3.13. The highest BCUT2D eigenvalue weighted by Gasteiger charge is 2.25. The zero-order chi connectivity index (χ0) is 16.2. The number of pyridine rings is 1. The number of hydrogen-bond donors (Lipinski definition) is 2. The van der Waals surface area contributed by atoms with Gasteiger partial charge in [-0.2, -0.15) is 0 Å². The van der Waals surface area contributed by atoms with Crippen LogP contribution in [0, 0.1) is 0 Å². The summed E-state index contributed by atoms with van der Waals surface area (Å²) in [6.45, 7) is 2.80. The topological polar surface area (TPSA) is 91.4 Å². The van der Waals surface area contributed by atoms with Gasteiger partial charge < -0.3 is 10.6 Å². The molecule has 1 aromatic heterocycles. The molecule has 1 saturated heterocycles. The lowest BCUT2D eigenvalue weighted by Gasteiger charge is -2.31. The first-order valence-corrected chi connectivity index (χ1v) is 9.13. The Labute approximate surface area is 131 Å². The number of carbonyl (C=O) groups is 1. The molecule has 1 aliphatic heterocycles. The number of hydrogen-bond acceptors (Lipinski definition) is 4. The number of aromatic nitrogens is 1. The Morgan fingerprint density at radius 3 is 2.45 bits per heavy atom. The fourth-order valence-corrected chi connectivity index (χ4v) is 3.37. The average molecular weight is 326 g/mol. The van der Waals surface area contributed by atoms with Crippen LogP contribution in [0.15, 0.2) is 24.5 Å². The van der Waals surface area contributed by atoms with Crippen molar-refractivity contribution in [2.24, 2.45) is 0 Å². The van der Waals surface area contributed by atoms with Crippen molar-refractivity contribution in [2.75, 3.05) is 19.3 Å². The van der Waals surface area contributed by atoms with Crippen LogP contribution < -0.4 is 10.6 Å². The summed E-state index contributed by atoms with van der Waals surface area (Å²) in [5, 5.41) is 5.78. The second-order valence-electron chi connectivity index (χ2n) is 5.56. The first kappa shape index (κ1) is 16.7. The van der Waals surface area contributed by atoms with E-state index in [1.807, 2.05) is 19.1 Å². The molecule has 2 heterocycles. The molecule has 1 unspecified atom stereocenters. The van der Waals surface area contributed by atoms with Crippen LogP contribution >= 0.6 is 0 Å². The Bertz CT molecular complexity index is 598. The van der Waals surface area contributed by atoms with E-state index in [0.717, 1.165) is 5.56 Å². The number of rotatable bonds is 4. The number of sulfonamides is 1. The van der Waals surface area contributed by atoms with Crippen LogP contribution in [0.25, 0.3) is 0 Å². The van der Waals surface area contributed by atoms with Gasteiger partial charge in [0.25, 0.3) is 0 Å². The molecule has 1 aromatic rings. The van der Waals surface area contributed by atoms with Gasteiger partial charge >= 0.3 is 6.03 Å². The molecule has 7 nitrogen and oxygen atoms in total. The van der Waals surface area contributed by atoms with E-state index in [1.54, 1.807) is 12.4 Å². The van der Waals surface area contributed by atoms with E-state index in [4.69, 9.17) is 0 Å². The van der Waals surface area contributed by atoms with Crippen LogP contribution in [0.1, 0.15) is 31.4 Å². The zero-order valence-electron chi connectivity index (χ0n) is 12.8. The van der Waals surface area contributed by atoms with Crippen LogP contribution in [-0.4, -0.2) is 49.1 Å². The lowest BCUT2D eigenvalue weighted by Crippen LogP contribution is -2.49. The summed E-state index contributed by atoms with van der Waals surface area (Å²) in [6, 6.07) is 3.37. The number of nitrogens with zero attached hydrogens (tertiary/aromatic N) is 2. The minimum Gasteiger partial charge on any atom is -0.335 e. The SMILES string of the molecule is CC(NC(=O)NC1CCN(S(C)(=O)=O)CC1)c1ccncc1. The third-order valence-corrected chi connectivity index (χ3v) is 5.12. The summed E-state index contributed by atoms with van der Waals surface area (Å²) >= 11 is 0. The normalized spacial score (nSPS) is 18.6. The van der Waals surface area contributed by atoms with E-state index in [2.05, 4.69) is 15.6 Å². The van der Waals surface area contributed by atoms with Crippen molar-refractivity contribution in [1.82, 2.24) is 19.9 Å². The van der Waals surface area contributed by atoms with Gasteiger partial charge in [-0.05, 0) is 37.5 Å². The van der Waals surface area contributed by atoms with E-state index < -0.39 is 10.0 Å². The van der Waals surface area contributed by atoms with Crippen molar-refractivity contribution in [3.8, 4) is 0 Å². The van der Waals surface area contributed by atoms with Crippen molar-refractivity contribution in [1.29, 1.82) is 0 Å². The molecule has 1 aliphatic rings. The van der Waals surface area contributed by atoms with Gasteiger partial charge in [0.15, 0.2) is 0 Å². The second kappa shape index (κ2) is 7.06. The van der Waals surface area contributed by atoms with Crippen LogP contribution in [0.4, 0.5) is 4.79 Å². The van der Waals surface area contributed by atoms with Gasteiger partial charge in [-0.15, -0.1) is 0 Å². The summed E-state index contributed by atoms with van der Waals surface area (Å²) in [7, 11) is -3.13. The molecule has 0 saturated carbocycles. The van der Waals surface area contributed by atoms with Crippen LogP contribution in [0.2, 0.25) is 0 Å². The molecular weight excluding hydrogens is 304 g/mol. The molecule has 2 N–H and O–H groups in total. The maximum atomic E-state index is 12.0. The largest absolute Gasteiger partial charge is 0.335 e. The van der Waals surface area contributed by atoms with Crippen molar-refractivity contribution >= 4 is 16.1 Å². The number of amides is 2. The maximum absolute atomic E-state index is 12.0. The van der Waals surface area contributed by atoms with Gasteiger partial charge in [0, 0.05) is 31.5 Å². The third kappa shape index (κ3) is 4.67. The average Bonchev–Trinajstić information content (AvgIpc) is 2.47. The molecule has 0 radical (unpaired) electrons. The lowest BCUT2D eigenvalue weighted by atomic mass is 10.1. The Balaban J connectivity index is 1.79. The summed E-state index contributed by atoms with van der Waals surface area (Å²) in [6.07, 6.45) is 5.84. The van der Waals surface area contributed by atoms with Gasteiger partial charge in [-0.1, -0.05) is 0 Å². The summed E-state index contributed by atoms with van der Waals surface area (Å²) in [4.78, 5) is 15.9. The molecule has 1 fully saturated rings. The molecular formula is C14H22N4O3S. The predicted molar refractivity (Wildman–Crippen MR) is 83.8 cm³/mol. The predicted octanol–water partition coefficient (Wildman–Crippen LogP) is 0.866. The van der Waals surface area contributed by atoms with Crippen molar-refractivity contribution < 1.29 is 13.2 Å². The summed E-state index contributed by atoms with van der Waals surface area (Å²) < 4.78 is 24.3. The summed E-state index contributed by atoms with van der Waals surface area (Å²) in [5.41, 5.74) is 0.983. The van der Waals surface area contributed by atoms with Crippen molar-refractivity contribution in [3.63, 3.8) is 0 Å². The Morgan fingerprint density at radius 1 is 1.32 bits per heavy atom. The Kier molecular flexibility index (Phi) is 5.36. The van der Waals surface area contributed by atoms with Crippen LogP contribution in [0.3, 0.4) is 0 Å². The standard InChI is InChI=1S/C14H22N4O3S/c1-11(12-3-7-15-8-4-12)16-14(19)17-13-5-9-18(10-6-13)22(2,20)21/h3-4,7-8,11,13H,5-6,9-10H2,1-2H3,(H2,16,17,19). The Morgan fingerprint density at radius 2 is 1.91 bits per heavy atom. The first-order chi connectivity index (χ1) is 10.4. The van der Waals surface area contributed by atoms with Crippen molar-refractivity contribution in [3.05, 3.63) is 30.1 Å². The maximum Gasteiger partial charge on any atom is 0.315 e. The third-order valence-electron chi connectivity index (χ3n) is 3.81. The minimum absolute atomic E-state index is 0.00244. The molecule has 2 amide bonds.